The SMILES string of the molecule is CN(C)Cn1c(O)c(N=NC(=O)CON=Cc2ccccc2Cl)c2cc(Br)ccc21. The molecule has 156 valence electrons. The van der Waals surface area contributed by atoms with Crippen LogP contribution in [0.15, 0.2) is 62.3 Å². The summed E-state index contributed by atoms with van der Waals surface area (Å²) in [4.78, 5) is 18.9. The standard InChI is InChI=1S/C20H19BrClN5O3/c1-26(2)12-27-17-8-7-14(21)9-15(17)19(20(27)29)25-24-18(28)11-30-23-10-13-5-3-4-6-16(13)22/h3-10,29H,11-12H2,1-2H3. The van der Waals surface area contributed by atoms with Crippen LogP contribution in [0.2, 0.25) is 5.02 Å². The minimum Gasteiger partial charge on any atom is -0.493 e. The van der Waals surface area contributed by atoms with E-state index in [4.69, 9.17) is 16.4 Å². The fourth-order valence-electron chi connectivity index (χ4n) is 2.72. The molecule has 0 spiro atoms. The maximum atomic E-state index is 12.0. The molecule has 0 aliphatic heterocycles. The van der Waals surface area contributed by atoms with Crippen molar-refractivity contribution in [3.05, 3.63) is 57.5 Å². The van der Waals surface area contributed by atoms with Gasteiger partial charge in [-0.15, -0.1) is 10.2 Å². The van der Waals surface area contributed by atoms with Crippen molar-refractivity contribution in [3.8, 4) is 5.88 Å². The predicted molar refractivity (Wildman–Crippen MR) is 120 cm³/mol. The molecule has 3 rings (SSSR count). The summed E-state index contributed by atoms with van der Waals surface area (Å²) in [6, 6.07) is 12.6. The van der Waals surface area contributed by atoms with Gasteiger partial charge in [-0.3, -0.25) is 14.3 Å². The normalized spacial score (nSPS) is 11.9. The van der Waals surface area contributed by atoms with E-state index < -0.39 is 12.5 Å². The quantitative estimate of drug-likeness (QED) is 0.287. The van der Waals surface area contributed by atoms with Crippen LogP contribution in [0.4, 0.5) is 5.69 Å². The number of oxime groups is 1. The second-order valence-corrected chi connectivity index (χ2v) is 7.93. The van der Waals surface area contributed by atoms with Crippen molar-refractivity contribution in [1.29, 1.82) is 0 Å². The molecule has 1 heterocycles. The van der Waals surface area contributed by atoms with Crippen LogP contribution in [-0.4, -0.2) is 47.4 Å². The predicted octanol–water partition coefficient (Wildman–Crippen LogP) is 4.94. The van der Waals surface area contributed by atoms with Crippen LogP contribution in [-0.2, 0) is 16.3 Å². The lowest BCUT2D eigenvalue weighted by molar-refractivity contribution is -0.122. The summed E-state index contributed by atoms with van der Waals surface area (Å²) in [5, 5.41) is 23.1. The summed E-state index contributed by atoms with van der Waals surface area (Å²) < 4.78 is 2.50. The van der Waals surface area contributed by atoms with E-state index in [9.17, 15) is 9.90 Å². The van der Waals surface area contributed by atoms with E-state index in [1.807, 2.05) is 43.3 Å². The molecule has 0 atom stereocenters. The first-order chi connectivity index (χ1) is 14.4. The number of benzene rings is 2. The molecule has 0 radical (unpaired) electrons. The third kappa shape index (κ3) is 5.24. The van der Waals surface area contributed by atoms with Gasteiger partial charge in [-0.25, -0.2) is 0 Å². The van der Waals surface area contributed by atoms with E-state index >= 15 is 0 Å². The second-order valence-electron chi connectivity index (χ2n) is 6.61. The lowest BCUT2D eigenvalue weighted by Crippen LogP contribution is -2.16. The molecule has 1 amide bonds. The lowest BCUT2D eigenvalue weighted by atomic mass is 10.2. The number of rotatable bonds is 7. The van der Waals surface area contributed by atoms with E-state index in [-0.39, 0.29) is 11.6 Å². The van der Waals surface area contributed by atoms with Gasteiger partial charge < -0.3 is 9.94 Å². The molecule has 10 heteroatoms. The molecule has 0 saturated carbocycles. The zero-order valence-electron chi connectivity index (χ0n) is 16.3. The van der Waals surface area contributed by atoms with Crippen molar-refractivity contribution in [3.63, 3.8) is 0 Å². The van der Waals surface area contributed by atoms with E-state index in [0.717, 1.165) is 9.99 Å². The highest BCUT2D eigenvalue weighted by Crippen LogP contribution is 2.40. The molecule has 0 aliphatic rings. The van der Waals surface area contributed by atoms with Crippen LogP contribution < -0.4 is 0 Å². The molecule has 1 aromatic heterocycles. The molecule has 0 bridgehead atoms. The van der Waals surface area contributed by atoms with Crippen molar-refractivity contribution in [2.45, 2.75) is 6.67 Å². The van der Waals surface area contributed by atoms with E-state index in [1.165, 1.54) is 6.21 Å². The summed E-state index contributed by atoms with van der Waals surface area (Å²) >= 11 is 9.42. The average molecular weight is 493 g/mol. The summed E-state index contributed by atoms with van der Waals surface area (Å²) in [5.41, 5.74) is 1.64. The van der Waals surface area contributed by atoms with Gasteiger partial charge in [0.15, 0.2) is 12.3 Å². The van der Waals surface area contributed by atoms with Crippen LogP contribution in [0.3, 0.4) is 0 Å². The highest BCUT2D eigenvalue weighted by Gasteiger charge is 2.17. The highest BCUT2D eigenvalue weighted by molar-refractivity contribution is 9.10. The monoisotopic (exact) mass is 491 g/mol. The molecule has 0 fully saturated rings. The molecule has 3 aromatic rings. The van der Waals surface area contributed by atoms with Gasteiger partial charge >= 0.3 is 5.91 Å². The Kier molecular flexibility index (Phi) is 7.20. The van der Waals surface area contributed by atoms with Gasteiger partial charge in [0.2, 0.25) is 5.88 Å². The number of aromatic nitrogens is 1. The molecule has 0 saturated heterocycles. The van der Waals surface area contributed by atoms with Crippen molar-refractivity contribution in [1.82, 2.24) is 9.47 Å². The highest BCUT2D eigenvalue weighted by atomic mass is 79.9. The number of carbonyl (C=O) groups is 1. The summed E-state index contributed by atoms with van der Waals surface area (Å²) in [6.07, 6.45) is 1.41. The lowest BCUT2D eigenvalue weighted by Gasteiger charge is -2.13. The third-order valence-corrected chi connectivity index (χ3v) is 4.85. The minimum absolute atomic E-state index is 0.0778. The fourth-order valence-corrected chi connectivity index (χ4v) is 3.27. The molecule has 8 nitrogen and oxygen atoms in total. The van der Waals surface area contributed by atoms with E-state index in [2.05, 4.69) is 31.3 Å². The van der Waals surface area contributed by atoms with Crippen molar-refractivity contribution in [2.75, 3.05) is 20.7 Å². The van der Waals surface area contributed by atoms with Gasteiger partial charge in [0.1, 0.15) is 0 Å². The topological polar surface area (TPSA) is 91.8 Å². The Bertz CT molecular complexity index is 1130. The Morgan fingerprint density at radius 2 is 2.07 bits per heavy atom. The third-order valence-electron chi connectivity index (χ3n) is 4.02. The number of nitrogens with zero attached hydrogens (tertiary/aromatic N) is 5. The van der Waals surface area contributed by atoms with Crippen LogP contribution in [0, 0.1) is 0 Å². The van der Waals surface area contributed by atoms with Gasteiger partial charge in [0.05, 0.1) is 18.4 Å². The van der Waals surface area contributed by atoms with E-state index in [1.54, 1.807) is 22.8 Å². The van der Waals surface area contributed by atoms with Crippen LogP contribution in [0.5, 0.6) is 5.88 Å². The molecular formula is C20H19BrClN5O3. The number of halogens is 2. The summed E-state index contributed by atoms with van der Waals surface area (Å²) in [7, 11) is 3.77. The number of hydrogen-bond acceptors (Lipinski definition) is 6. The Balaban J connectivity index is 1.73. The number of aromatic hydroxyl groups is 1. The largest absolute Gasteiger partial charge is 0.493 e. The fraction of sp³-hybridized carbons (Fsp3) is 0.200. The number of hydrogen-bond donors (Lipinski definition) is 1. The van der Waals surface area contributed by atoms with Gasteiger partial charge in [0, 0.05) is 20.4 Å². The molecule has 30 heavy (non-hydrogen) atoms. The Morgan fingerprint density at radius 1 is 1.30 bits per heavy atom. The molecule has 2 aromatic carbocycles. The number of fused-ring (bicyclic) bond motifs is 1. The first kappa shape index (κ1) is 21.9. The zero-order valence-corrected chi connectivity index (χ0v) is 18.6. The van der Waals surface area contributed by atoms with Crippen LogP contribution >= 0.6 is 27.5 Å². The second kappa shape index (κ2) is 9.84. The molecule has 0 aliphatic carbocycles. The van der Waals surface area contributed by atoms with E-state index in [0.29, 0.717) is 22.6 Å². The van der Waals surface area contributed by atoms with Gasteiger partial charge in [-0.1, -0.05) is 50.9 Å². The Morgan fingerprint density at radius 3 is 2.80 bits per heavy atom. The Hall–Kier alpha value is -2.75. The van der Waals surface area contributed by atoms with Gasteiger partial charge in [0.25, 0.3) is 0 Å². The number of azo groups is 1. The van der Waals surface area contributed by atoms with Crippen molar-refractivity contribution < 1.29 is 14.7 Å². The molecular weight excluding hydrogens is 474 g/mol. The first-order valence-corrected chi connectivity index (χ1v) is 10.0. The first-order valence-electron chi connectivity index (χ1n) is 8.86. The average Bonchev–Trinajstić information content (AvgIpc) is 2.95. The van der Waals surface area contributed by atoms with Crippen molar-refractivity contribution in [2.24, 2.45) is 15.4 Å². The maximum absolute atomic E-state index is 12.0. The van der Waals surface area contributed by atoms with Crippen molar-refractivity contribution >= 4 is 56.2 Å². The van der Waals surface area contributed by atoms with Gasteiger partial charge in [-0.05, 0) is 38.4 Å². The smallest absolute Gasteiger partial charge is 0.304 e. The van der Waals surface area contributed by atoms with Crippen LogP contribution in [0.1, 0.15) is 5.56 Å². The minimum atomic E-state index is -0.644. The summed E-state index contributed by atoms with van der Waals surface area (Å²) in [6.45, 7) is 0.0402. The van der Waals surface area contributed by atoms with Gasteiger partial charge in [-0.2, -0.15) is 0 Å². The maximum Gasteiger partial charge on any atom is 0.304 e. The number of carbonyl (C=O) groups excluding carboxylic acids is 1. The molecule has 0 unspecified atom stereocenters. The van der Waals surface area contributed by atoms with Crippen LogP contribution in [0.25, 0.3) is 10.9 Å². The Labute approximate surface area is 186 Å². The number of amides is 1. The zero-order chi connectivity index (χ0) is 21.7. The summed E-state index contributed by atoms with van der Waals surface area (Å²) in [5.74, 6) is -0.722. The molecule has 1 N–H and O–H groups in total.